The third kappa shape index (κ3) is 8.06. The van der Waals surface area contributed by atoms with Crippen LogP contribution in [0.1, 0.15) is 57.8 Å². The second-order valence-corrected chi connectivity index (χ2v) is 17.5. The Kier molecular flexibility index (Phi) is 10.6. The number of methoxy groups -OCH3 is 1. The highest BCUT2D eigenvalue weighted by Gasteiger charge is 2.62. The lowest BCUT2D eigenvalue weighted by atomic mass is 10.0. The Morgan fingerprint density at radius 3 is 2.54 bits per heavy atom. The zero-order valence-electron chi connectivity index (χ0n) is 31.9. The predicted molar refractivity (Wildman–Crippen MR) is 207 cm³/mol. The van der Waals surface area contributed by atoms with Crippen molar-refractivity contribution in [2.75, 3.05) is 13.7 Å². The molecule has 2 aromatic carbocycles. The molecule has 4 amide bonds. The molecule has 2 aromatic heterocycles. The number of furan rings is 1. The zero-order chi connectivity index (χ0) is 41.7. The molecular formula is C41H42F3N5O9S. The molecule has 0 radical (unpaired) electrons. The molecule has 5 atom stereocenters. The van der Waals surface area contributed by atoms with E-state index in [1.54, 1.807) is 36.4 Å². The van der Waals surface area contributed by atoms with Crippen LogP contribution in [0.4, 0.5) is 13.2 Å². The molecule has 0 bridgehead atoms. The average molecular weight is 838 g/mol. The van der Waals surface area contributed by atoms with Crippen molar-refractivity contribution >= 4 is 55.7 Å². The Labute approximate surface area is 336 Å². The van der Waals surface area contributed by atoms with Gasteiger partial charge in [-0.25, -0.2) is 13.4 Å². The van der Waals surface area contributed by atoms with Crippen LogP contribution in [0.2, 0.25) is 0 Å². The van der Waals surface area contributed by atoms with Gasteiger partial charge in [0.05, 0.1) is 24.6 Å². The maximum atomic E-state index is 14.4. The lowest BCUT2D eigenvalue weighted by Crippen LogP contribution is -2.58. The summed E-state index contributed by atoms with van der Waals surface area (Å²) in [5.74, 6) is -4.84. The Balaban J connectivity index is 1.16. The summed E-state index contributed by atoms with van der Waals surface area (Å²) in [5, 5.41) is 4.55. The standard InChI is InChI=1S/C41H42F3N5O9S/c1-56-31-15-9-7-12-26(31)29-20-33(35-34(45-29)27-13-8-10-16-32(27)58-35)57-24-19-30-36(50)47-40(38(52)48-59(54,55)25-17-18-25)21-23(40)11-5-3-2-4-6-14-28(37(51)49(30)22-24)46-39(53)41(42,43)44/h5,7-13,15-16,20,23-25,28,30H,2-4,6,14,17-19,21-22H2,1H3,(H,46,53)(H,47,50)(H,48,52)/b11-5-/t23-,24-,28+,30+,40-/m1/s1. The minimum Gasteiger partial charge on any atom is -0.496 e. The van der Waals surface area contributed by atoms with E-state index in [1.807, 2.05) is 35.7 Å². The molecule has 3 fully saturated rings. The molecule has 4 aliphatic rings. The Morgan fingerprint density at radius 1 is 1.02 bits per heavy atom. The third-order valence-corrected chi connectivity index (χ3v) is 13.2. The number of rotatable bonds is 8. The number of hydrogen-bond donors (Lipinski definition) is 3. The maximum Gasteiger partial charge on any atom is 0.471 e. The van der Waals surface area contributed by atoms with E-state index in [2.05, 4.69) is 10.0 Å². The second-order valence-electron chi connectivity index (χ2n) is 15.5. The molecule has 1 saturated heterocycles. The second kappa shape index (κ2) is 15.5. The van der Waals surface area contributed by atoms with Gasteiger partial charge in [0.1, 0.15) is 40.6 Å². The van der Waals surface area contributed by atoms with Crippen molar-refractivity contribution in [1.82, 2.24) is 25.2 Å². The number of pyridine rings is 1. The minimum atomic E-state index is -5.28. The van der Waals surface area contributed by atoms with E-state index in [0.29, 0.717) is 65.6 Å². The number of nitrogens with one attached hydrogen (secondary N) is 3. The van der Waals surface area contributed by atoms with Crippen molar-refractivity contribution < 1.29 is 54.7 Å². The maximum absolute atomic E-state index is 14.4. The van der Waals surface area contributed by atoms with Crippen LogP contribution in [-0.4, -0.2) is 90.7 Å². The minimum absolute atomic E-state index is 0.0822. The number of amides is 4. The summed E-state index contributed by atoms with van der Waals surface area (Å²) in [4.78, 5) is 60.8. The normalized spacial score (nSPS) is 25.9. The molecule has 18 heteroatoms. The fourth-order valence-corrected chi connectivity index (χ4v) is 9.36. The molecule has 3 N–H and O–H groups in total. The van der Waals surface area contributed by atoms with Crippen molar-refractivity contribution in [2.24, 2.45) is 5.92 Å². The van der Waals surface area contributed by atoms with Gasteiger partial charge in [0.25, 0.3) is 5.91 Å². The molecule has 2 aliphatic heterocycles. The molecule has 59 heavy (non-hydrogen) atoms. The molecule has 14 nitrogen and oxygen atoms in total. The van der Waals surface area contributed by atoms with E-state index in [4.69, 9.17) is 18.9 Å². The number of aromatic nitrogens is 1. The number of nitrogens with zero attached hydrogens (tertiary/aromatic N) is 2. The summed E-state index contributed by atoms with van der Waals surface area (Å²) in [5.41, 5.74) is 0.647. The van der Waals surface area contributed by atoms with Gasteiger partial charge in [-0.15, -0.1) is 0 Å². The molecule has 312 valence electrons. The van der Waals surface area contributed by atoms with Crippen LogP contribution < -0.4 is 24.8 Å². The van der Waals surface area contributed by atoms with Gasteiger partial charge in [-0.1, -0.05) is 49.3 Å². The number of halogens is 3. The first-order valence-corrected chi connectivity index (χ1v) is 21.1. The van der Waals surface area contributed by atoms with Gasteiger partial charge in [0.2, 0.25) is 21.8 Å². The molecule has 0 unspecified atom stereocenters. The average Bonchev–Trinajstić information content (AvgIpc) is 4.11. The number of carbonyl (C=O) groups is 4. The van der Waals surface area contributed by atoms with Gasteiger partial charge in [-0.3, -0.25) is 23.9 Å². The fourth-order valence-electron chi connectivity index (χ4n) is 8.00. The van der Waals surface area contributed by atoms with E-state index in [1.165, 1.54) is 7.11 Å². The number of sulfonamides is 1. The monoisotopic (exact) mass is 837 g/mol. The smallest absolute Gasteiger partial charge is 0.471 e. The van der Waals surface area contributed by atoms with Crippen molar-refractivity contribution in [1.29, 1.82) is 0 Å². The number of carbonyl (C=O) groups excluding carboxylic acids is 4. The van der Waals surface area contributed by atoms with Crippen LogP contribution in [0.25, 0.3) is 33.3 Å². The summed E-state index contributed by atoms with van der Waals surface area (Å²) in [6, 6.07) is 13.0. The van der Waals surface area contributed by atoms with Crippen LogP contribution in [0, 0.1) is 5.92 Å². The number of fused-ring (bicyclic) bond motifs is 5. The van der Waals surface area contributed by atoms with Gasteiger partial charge in [-0.2, -0.15) is 13.2 Å². The van der Waals surface area contributed by atoms with Gasteiger partial charge < -0.3 is 29.4 Å². The summed E-state index contributed by atoms with van der Waals surface area (Å²) < 4.78 is 87.0. The number of ether oxygens (including phenoxy) is 2. The lowest BCUT2D eigenvalue weighted by Gasteiger charge is -2.30. The number of hydrogen-bond acceptors (Lipinski definition) is 10. The number of allylic oxidation sites excluding steroid dienone is 1. The summed E-state index contributed by atoms with van der Waals surface area (Å²) in [7, 11) is -2.48. The van der Waals surface area contributed by atoms with Crippen molar-refractivity contribution in [3.8, 4) is 22.8 Å². The molecule has 2 aliphatic carbocycles. The first-order valence-electron chi connectivity index (χ1n) is 19.5. The SMILES string of the molecule is COc1ccccc1-c1cc(O[C@@H]2C[C@H]3C(=O)N[C@]4(C(=O)NS(=O)(=O)C5CC5)C[C@H]4/C=C\CCCCC[C@H](NC(=O)C(F)(F)F)C(=O)N3C2)c2oc3ccccc3c2n1. The molecule has 4 heterocycles. The molecule has 0 spiro atoms. The van der Waals surface area contributed by atoms with Gasteiger partial charge in [-0.05, 0) is 62.8 Å². The third-order valence-electron chi connectivity index (χ3n) is 11.4. The van der Waals surface area contributed by atoms with Crippen LogP contribution in [0.3, 0.4) is 0 Å². The number of alkyl halides is 3. The molecular weight excluding hydrogens is 796 g/mol. The summed E-state index contributed by atoms with van der Waals surface area (Å²) in [6.45, 7) is -0.304. The highest BCUT2D eigenvalue weighted by atomic mass is 32.2. The van der Waals surface area contributed by atoms with E-state index in [0.717, 1.165) is 4.90 Å². The summed E-state index contributed by atoms with van der Waals surface area (Å²) in [6.07, 6.45) is -0.237. The van der Waals surface area contributed by atoms with Gasteiger partial charge in [0.15, 0.2) is 11.3 Å². The Bertz CT molecular complexity index is 2470. The van der Waals surface area contributed by atoms with Crippen LogP contribution in [-0.2, 0) is 29.2 Å². The largest absolute Gasteiger partial charge is 0.496 e. The Morgan fingerprint density at radius 2 is 1.78 bits per heavy atom. The van der Waals surface area contributed by atoms with Crippen LogP contribution >= 0.6 is 0 Å². The fraction of sp³-hybridized carbons (Fsp3) is 0.439. The Hall–Kier alpha value is -5.65. The van der Waals surface area contributed by atoms with Gasteiger partial charge in [0, 0.05) is 29.4 Å². The molecule has 8 rings (SSSR count). The first kappa shape index (κ1) is 40.1. The van der Waals surface area contributed by atoms with Gasteiger partial charge >= 0.3 is 12.1 Å². The zero-order valence-corrected chi connectivity index (χ0v) is 32.7. The highest BCUT2D eigenvalue weighted by Crippen LogP contribution is 2.46. The number of benzene rings is 2. The van der Waals surface area contributed by atoms with E-state index in [9.17, 15) is 40.8 Å². The number of para-hydroxylation sites is 2. The molecule has 2 saturated carbocycles. The van der Waals surface area contributed by atoms with E-state index < -0.39 is 74.7 Å². The van der Waals surface area contributed by atoms with E-state index >= 15 is 0 Å². The van der Waals surface area contributed by atoms with Crippen molar-refractivity contribution in [3.05, 3.63) is 66.7 Å². The van der Waals surface area contributed by atoms with E-state index in [-0.39, 0.29) is 43.6 Å². The van der Waals surface area contributed by atoms with Crippen LogP contribution in [0.15, 0.2) is 71.2 Å². The first-order chi connectivity index (χ1) is 28.2. The quantitative estimate of drug-likeness (QED) is 0.203. The molecule has 4 aromatic rings. The van der Waals surface area contributed by atoms with Crippen molar-refractivity contribution in [2.45, 2.75) is 92.9 Å². The summed E-state index contributed by atoms with van der Waals surface area (Å²) >= 11 is 0. The lowest BCUT2D eigenvalue weighted by molar-refractivity contribution is -0.175. The van der Waals surface area contributed by atoms with Crippen LogP contribution in [0.5, 0.6) is 11.5 Å². The van der Waals surface area contributed by atoms with Crippen molar-refractivity contribution in [3.63, 3.8) is 0 Å². The highest BCUT2D eigenvalue weighted by molar-refractivity contribution is 7.91. The topological polar surface area (TPSA) is 186 Å². The predicted octanol–water partition coefficient (Wildman–Crippen LogP) is 5.06.